The van der Waals surface area contributed by atoms with Crippen molar-refractivity contribution >= 4 is 11.9 Å². The Morgan fingerprint density at radius 1 is 1.52 bits per heavy atom. The van der Waals surface area contributed by atoms with Gasteiger partial charge in [0.1, 0.15) is 0 Å². The standard InChI is InChI=1S/C16H18N2O3/c1-3-8-17-15(19)11(2)18-9-7-13-12(10-18)5-4-6-14(13)16(20)21/h1,4-6,11H,7-10H2,2H3,(H,17,19)(H,20,21). The number of carbonyl (C=O) groups excluding carboxylic acids is 1. The number of hydrogen-bond acceptors (Lipinski definition) is 3. The van der Waals surface area contributed by atoms with Crippen LogP contribution in [0.25, 0.3) is 0 Å². The van der Waals surface area contributed by atoms with E-state index in [2.05, 4.69) is 11.2 Å². The summed E-state index contributed by atoms with van der Waals surface area (Å²) in [6.45, 7) is 3.28. The first-order valence-corrected chi connectivity index (χ1v) is 6.84. The van der Waals surface area contributed by atoms with Crippen LogP contribution in [0.4, 0.5) is 0 Å². The van der Waals surface area contributed by atoms with Gasteiger partial charge in [-0.25, -0.2) is 4.79 Å². The Morgan fingerprint density at radius 2 is 2.29 bits per heavy atom. The van der Waals surface area contributed by atoms with Gasteiger partial charge >= 0.3 is 5.97 Å². The Morgan fingerprint density at radius 3 is 2.95 bits per heavy atom. The molecule has 0 spiro atoms. The number of carboxylic acid groups (broad SMARTS) is 1. The van der Waals surface area contributed by atoms with Crippen LogP contribution in [-0.4, -0.2) is 41.0 Å². The van der Waals surface area contributed by atoms with Crippen LogP contribution in [0.1, 0.15) is 28.4 Å². The number of carbonyl (C=O) groups is 2. The van der Waals surface area contributed by atoms with Gasteiger partial charge < -0.3 is 10.4 Å². The molecular formula is C16H18N2O3. The molecule has 1 atom stereocenters. The molecule has 1 aromatic rings. The van der Waals surface area contributed by atoms with Crippen LogP contribution in [0.2, 0.25) is 0 Å². The van der Waals surface area contributed by atoms with Crippen LogP contribution >= 0.6 is 0 Å². The molecule has 1 aliphatic heterocycles. The number of rotatable bonds is 4. The third-order valence-corrected chi connectivity index (χ3v) is 3.82. The van der Waals surface area contributed by atoms with Crippen LogP contribution in [-0.2, 0) is 17.8 Å². The van der Waals surface area contributed by atoms with E-state index in [1.165, 1.54) is 0 Å². The molecule has 1 heterocycles. The van der Waals surface area contributed by atoms with Gasteiger partial charge in [-0.1, -0.05) is 18.1 Å². The molecule has 21 heavy (non-hydrogen) atoms. The Hall–Kier alpha value is -2.32. The average Bonchev–Trinajstić information content (AvgIpc) is 2.50. The van der Waals surface area contributed by atoms with Crippen molar-refractivity contribution in [3.8, 4) is 12.3 Å². The topological polar surface area (TPSA) is 69.6 Å². The van der Waals surface area contributed by atoms with E-state index in [1.807, 2.05) is 17.9 Å². The fourth-order valence-electron chi connectivity index (χ4n) is 2.61. The van der Waals surface area contributed by atoms with E-state index in [0.717, 1.165) is 11.1 Å². The second kappa shape index (κ2) is 6.42. The maximum absolute atomic E-state index is 11.9. The van der Waals surface area contributed by atoms with E-state index >= 15 is 0 Å². The molecule has 0 fully saturated rings. The molecule has 0 saturated carbocycles. The minimum absolute atomic E-state index is 0.106. The fourth-order valence-corrected chi connectivity index (χ4v) is 2.61. The van der Waals surface area contributed by atoms with Crippen LogP contribution in [0, 0.1) is 12.3 Å². The van der Waals surface area contributed by atoms with E-state index in [4.69, 9.17) is 6.42 Å². The summed E-state index contributed by atoms with van der Waals surface area (Å²) in [7, 11) is 0. The molecule has 0 radical (unpaired) electrons. The first-order valence-electron chi connectivity index (χ1n) is 6.84. The van der Waals surface area contributed by atoms with Crippen LogP contribution in [0.5, 0.6) is 0 Å². The van der Waals surface area contributed by atoms with E-state index < -0.39 is 5.97 Å². The smallest absolute Gasteiger partial charge is 0.335 e. The summed E-state index contributed by atoms with van der Waals surface area (Å²) >= 11 is 0. The molecule has 0 bridgehead atoms. The van der Waals surface area contributed by atoms with Gasteiger partial charge in [0.15, 0.2) is 0 Å². The molecule has 1 aromatic carbocycles. The molecule has 1 unspecified atom stereocenters. The zero-order valence-electron chi connectivity index (χ0n) is 11.9. The maximum Gasteiger partial charge on any atom is 0.335 e. The van der Waals surface area contributed by atoms with Gasteiger partial charge in [0.25, 0.3) is 0 Å². The Labute approximate surface area is 124 Å². The molecule has 1 amide bonds. The maximum atomic E-state index is 11.9. The number of nitrogens with one attached hydrogen (secondary N) is 1. The van der Waals surface area contributed by atoms with Crippen molar-refractivity contribution < 1.29 is 14.7 Å². The molecular weight excluding hydrogens is 268 g/mol. The number of aromatic carboxylic acids is 1. The summed E-state index contributed by atoms with van der Waals surface area (Å²) < 4.78 is 0. The minimum Gasteiger partial charge on any atom is -0.478 e. The SMILES string of the molecule is C#CCNC(=O)C(C)N1CCc2c(cccc2C(=O)O)C1. The molecule has 0 aliphatic carbocycles. The molecule has 5 heteroatoms. The highest BCUT2D eigenvalue weighted by Gasteiger charge is 2.27. The lowest BCUT2D eigenvalue weighted by Gasteiger charge is -2.33. The molecule has 5 nitrogen and oxygen atoms in total. The van der Waals surface area contributed by atoms with E-state index in [0.29, 0.717) is 25.1 Å². The summed E-state index contributed by atoms with van der Waals surface area (Å²) in [4.78, 5) is 25.2. The van der Waals surface area contributed by atoms with Crippen molar-refractivity contribution in [2.75, 3.05) is 13.1 Å². The Bertz CT molecular complexity index is 604. The second-order valence-corrected chi connectivity index (χ2v) is 5.07. The first-order chi connectivity index (χ1) is 10.0. The van der Waals surface area contributed by atoms with E-state index in [9.17, 15) is 14.7 Å². The number of amides is 1. The zero-order valence-corrected chi connectivity index (χ0v) is 11.9. The first kappa shape index (κ1) is 15.1. The van der Waals surface area contributed by atoms with Gasteiger partial charge in [0.05, 0.1) is 18.2 Å². The van der Waals surface area contributed by atoms with Gasteiger partial charge in [-0.3, -0.25) is 9.69 Å². The lowest BCUT2D eigenvalue weighted by molar-refractivity contribution is -0.126. The second-order valence-electron chi connectivity index (χ2n) is 5.07. The fraction of sp³-hybridized carbons (Fsp3) is 0.375. The molecule has 0 saturated heterocycles. The van der Waals surface area contributed by atoms with Gasteiger partial charge in [-0.2, -0.15) is 0 Å². The zero-order chi connectivity index (χ0) is 15.4. The van der Waals surface area contributed by atoms with Crippen molar-refractivity contribution in [1.82, 2.24) is 10.2 Å². The van der Waals surface area contributed by atoms with Gasteiger partial charge in [0, 0.05) is 13.1 Å². The van der Waals surface area contributed by atoms with Crippen molar-refractivity contribution in [2.24, 2.45) is 0 Å². The minimum atomic E-state index is -0.903. The number of nitrogens with zero attached hydrogens (tertiary/aromatic N) is 1. The highest BCUT2D eigenvalue weighted by molar-refractivity contribution is 5.90. The van der Waals surface area contributed by atoms with Crippen LogP contribution in [0.15, 0.2) is 18.2 Å². The van der Waals surface area contributed by atoms with Gasteiger partial charge in [-0.05, 0) is 30.5 Å². The van der Waals surface area contributed by atoms with Crippen molar-refractivity contribution in [2.45, 2.75) is 25.9 Å². The van der Waals surface area contributed by atoms with Crippen LogP contribution in [0.3, 0.4) is 0 Å². The third-order valence-electron chi connectivity index (χ3n) is 3.82. The van der Waals surface area contributed by atoms with E-state index in [-0.39, 0.29) is 18.5 Å². The molecule has 2 N–H and O–H groups in total. The molecule has 2 rings (SSSR count). The van der Waals surface area contributed by atoms with E-state index in [1.54, 1.807) is 12.1 Å². The van der Waals surface area contributed by atoms with Crippen molar-refractivity contribution in [3.63, 3.8) is 0 Å². The summed E-state index contributed by atoms with van der Waals surface area (Å²) in [5.74, 6) is 1.37. The summed E-state index contributed by atoms with van der Waals surface area (Å²) in [5, 5.41) is 11.9. The lowest BCUT2D eigenvalue weighted by Crippen LogP contribution is -2.47. The average molecular weight is 286 g/mol. The Kier molecular flexibility index (Phi) is 4.61. The number of fused-ring (bicyclic) bond motifs is 1. The van der Waals surface area contributed by atoms with Gasteiger partial charge in [-0.15, -0.1) is 6.42 Å². The summed E-state index contributed by atoms with van der Waals surface area (Å²) in [5.41, 5.74) is 2.20. The predicted octanol–water partition coefficient (Wildman–Crippen LogP) is 0.881. The van der Waals surface area contributed by atoms with Crippen molar-refractivity contribution in [3.05, 3.63) is 34.9 Å². The molecule has 110 valence electrons. The largest absolute Gasteiger partial charge is 0.478 e. The highest BCUT2D eigenvalue weighted by Crippen LogP contribution is 2.24. The highest BCUT2D eigenvalue weighted by atomic mass is 16.4. The quantitative estimate of drug-likeness (QED) is 0.806. The predicted molar refractivity (Wildman–Crippen MR) is 78.8 cm³/mol. The molecule has 1 aliphatic rings. The monoisotopic (exact) mass is 286 g/mol. The van der Waals surface area contributed by atoms with Crippen molar-refractivity contribution in [1.29, 1.82) is 0 Å². The summed E-state index contributed by atoms with van der Waals surface area (Å²) in [6, 6.07) is 4.99. The number of terminal acetylenes is 1. The number of benzene rings is 1. The number of carboxylic acids is 1. The normalized spacial score (nSPS) is 15.6. The summed E-state index contributed by atoms with van der Waals surface area (Å²) in [6.07, 6.45) is 5.76. The lowest BCUT2D eigenvalue weighted by atomic mass is 9.93. The third kappa shape index (κ3) is 3.23. The van der Waals surface area contributed by atoms with Gasteiger partial charge in [0.2, 0.25) is 5.91 Å². The van der Waals surface area contributed by atoms with Crippen LogP contribution < -0.4 is 5.32 Å². The molecule has 0 aromatic heterocycles. The number of hydrogen-bond donors (Lipinski definition) is 2. The Balaban J connectivity index is 2.13.